The second-order valence-corrected chi connectivity index (χ2v) is 6.64. The molecule has 3 rings (SSSR count). The number of methoxy groups -OCH3 is 1. The van der Waals surface area contributed by atoms with Crippen LogP contribution in [0.15, 0.2) is 24.3 Å². The monoisotopic (exact) mass is 317 g/mol. The molecule has 2 saturated carbocycles. The first-order valence-corrected chi connectivity index (χ1v) is 8.24. The highest BCUT2D eigenvalue weighted by atomic mass is 16.5. The molecule has 5 heteroatoms. The van der Waals surface area contributed by atoms with Crippen molar-refractivity contribution in [3.05, 3.63) is 29.8 Å². The van der Waals surface area contributed by atoms with Crippen molar-refractivity contribution in [2.45, 2.75) is 50.0 Å². The van der Waals surface area contributed by atoms with Gasteiger partial charge in [-0.15, -0.1) is 0 Å². The Balaban J connectivity index is 1.66. The molecule has 23 heavy (non-hydrogen) atoms. The summed E-state index contributed by atoms with van der Waals surface area (Å²) in [5, 5.41) is 12.2. The maximum Gasteiger partial charge on any atom is 0.306 e. The van der Waals surface area contributed by atoms with Crippen molar-refractivity contribution in [2.75, 3.05) is 7.11 Å². The third kappa shape index (κ3) is 3.05. The molecule has 0 atom stereocenters. The molecule has 1 aromatic carbocycles. The number of para-hydroxylation sites is 1. The fraction of sp³-hybridized carbons (Fsp3) is 0.556. The van der Waals surface area contributed by atoms with Crippen LogP contribution in [0.4, 0.5) is 0 Å². The number of nitrogens with one attached hydrogen (secondary N) is 1. The molecular weight excluding hydrogens is 294 g/mol. The van der Waals surface area contributed by atoms with E-state index in [4.69, 9.17) is 9.84 Å². The predicted octanol–water partition coefficient (Wildman–Crippen LogP) is 2.49. The van der Waals surface area contributed by atoms with Crippen molar-refractivity contribution in [1.29, 1.82) is 0 Å². The van der Waals surface area contributed by atoms with E-state index in [-0.39, 0.29) is 17.9 Å². The van der Waals surface area contributed by atoms with Crippen LogP contribution in [0.1, 0.15) is 44.1 Å². The molecule has 0 heterocycles. The third-order valence-electron chi connectivity index (χ3n) is 5.22. The van der Waals surface area contributed by atoms with E-state index in [1.165, 1.54) is 0 Å². The van der Waals surface area contributed by atoms with Crippen molar-refractivity contribution in [1.82, 2.24) is 5.32 Å². The van der Waals surface area contributed by atoms with E-state index in [0.29, 0.717) is 12.8 Å². The fourth-order valence-corrected chi connectivity index (χ4v) is 3.59. The van der Waals surface area contributed by atoms with Crippen LogP contribution >= 0.6 is 0 Å². The summed E-state index contributed by atoms with van der Waals surface area (Å²) >= 11 is 0. The van der Waals surface area contributed by atoms with Gasteiger partial charge in [0.15, 0.2) is 0 Å². The highest BCUT2D eigenvalue weighted by Crippen LogP contribution is 2.51. The topological polar surface area (TPSA) is 75.6 Å². The van der Waals surface area contributed by atoms with Gasteiger partial charge in [-0.05, 0) is 44.6 Å². The first-order chi connectivity index (χ1) is 11.1. The SMILES string of the molecule is COc1ccccc1C1(C(=O)NC2CCC(C(=O)O)CC2)CC1. The van der Waals surface area contributed by atoms with Crippen LogP contribution < -0.4 is 10.1 Å². The van der Waals surface area contributed by atoms with Crippen molar-refractivity contribution in [2.24, 2.45) is 5.92 Å². The number of amides is 1. The predicted molar refractivity (Wildman–Crippen MR) is 85.4 cm³/mol. The van der Waals surface area contributed by atoms with Gasteiger partial charge >= 0.3 is 5.97 Å². The Kier molecular flexibility index (Phi) is 4.28. The number of carbonyl (C=O) groups excluding carboxylic acids is 1. The minimum Gasteiger partial charge on any atom is -0.496 e. The average molecular weight is 317 g/mol. The zero-order valence-electron chi connectivity index (χ0n) is 13.4. The lowest BCUT2D eigenvalue weighted by Crippen LogP contribution is -2.43. The number of ether oxygens (including phenoxy) is 1. The summed E-state index contributed by atoms with van der Waals surface area (Å²) in [6.45, 7) is 0. The van der Waals surface area contributed by atoms with Gasteiger partial charge in [-0.1, -0.05) is 18.2 Å². The first-order valence-electron chi connectivity index (χ1n) is 8.24. The Morgan fingerprint density at radius 1 is 1.17 bits per heavy atom. The molecule has 0 aliphatic heterocycles. The summed E-state index contributed by atoms with van der Waals surface area (Å²) in [6, 6.07) is 7.78. The first kappa shape index (κ1) is 15.8. The van der Waals surface area contributed by atoms with E-state index in [1.54, 1.807) is 7.11 Å². The second-order valence-electron chi connectivity index (χ2n) is 6.64. The van der Waals surface area contributed by atoms with Crippen LogP contribution in [0.5, 0.6) is 5.75 Å². The van der Waals surface area contributed by atoms with Crippen molar-refractivity contribution in [3.8, 4) is 5.75 Å². The number of benzene rings is 1. The molecule has 0 unspecified atom stereocenters. The van der Waals surface area contributed by atoms with Gasteiger partial charge in [-0.25, -0.2) is 0 Å². The van der Waals surface area contributed by atoms with Crippen LogP contribution in [0, 0.1) is 5.92 Å². The van der Waals surface area contributed by atoms with E-state index in [0.717, 1.165) is 37.0 Å². The maximum absolute atomic E-state index is 12.8. The highest BCUT2D eigenvalue weighted by molar-refractivity contribution is 5.92. The summed E-state index contributed by atoms with van der Waals surface area (Å²) in [6.07, 6.45) is 4.44. The molecule has 2 aliphatic carbocycles. The molecule has 0 bridgehead atoms. The Labute approximate surface area is 136 Å². The smallest absolute Gasteiger partial charge is 0.306 e. The quantitative estimate of drug-likeness (QED) is 0.875. The van der Waals surface area contributed by atoms with Gasteiger partial charge in [0, 0.05) is 11.6 Å². The molecule has 2 N–H and O–H groups in total. The summed E-state index contributed by atoms with van der Waals surface area (Å²) < 4.78 is 5.41. The lowest BCUT2D eigenvalue weighted by molar-refractivity contribution is -0.142. The summed E-state index contributed by atoms with van der Waals surface area (Å²) in [7, 11) is 1.62. The van der Waals surface area contributed by atoms with Gasteiger partial charge in [0.2, 0.25) is 5.91 Å². The van der Waals surface area contributed by atoms with Gasteiger partial charge in [-0.2, -0.15) is 0 Å². The lowest BCUT2D eigenvalue weighted by atomic mass is 9.85. The number of carboxylic acid groups (broad SMARTS) is 1. The van der Waals surface area contributed by atoms with Gasteiger partial charge < -0.3 is 15.2 Å². The van der Waals surface area contributed by atoms with Gasteiger partial charge in [-0.3, -0.25) is 9.59 Å². The molecule has 124 valence electrons. The van der Waals surface area contributed by atoms with Crippen LogP contribution in [0.2, 0.25) is 0 Å². The van der Waals surface area contributed by atoms with Crippen LogP contribution in [0.3, 0.4) is 0 Å². The van der Waals surface area contributed by atoms with Gasteiger partial charge in [0.25, 0.3) is 0 Å². The van der Waals surface area contributed by atoms with E-state index in [2.05, 4.69) is 5.32 Å². The second kappa shape index (κ2) is 6.22. The maximum atomic E-state index is 12.8. The van der Waals surface area contributed by atoms with E-state index in [9.17, 15) is 9.59 Å². The highest BCUT2D eigenvalue weighted by Gasteiger charge is 2.53. The zero-order chi connectivity index (χ0) is 16.4. The minimum absolute atomic E-state index is 0.0563. The molecule has 0 saturated heterocycles. The molecule has 0 spiro atoms. The van der Waals surface area contributed by atoms with Crippen molar-refractivity contribution >= 4 is 11.9 Å². The summed E-state index contributed by atoms with van der Waals surface area (Å²) in [5.74, 6) is -0.162. The Hall–Kier alpha value is -2.04. The number of hydrogen-bond acceptors (Lipinski definition) is 3. The fourth-order valence-electron chi connectivity index (χ4n) is 3.59. The third-order valence-corrected chi connectivity index (χ3v) is 5.22. The molecule has 0 radical (unpaired) electrons. The normalized spacial score (nSPS) is 25.4. The van der Waals surface area contributed by atoms with E-state index >= 15 is 0 Å². The molecule has 2 aliphatic rings. The standard InChI is InChI=1S/C18H23NO4/c1-23-15-5-3-2-4-14(15)18(10-11-18)17(22)19-13-8-6-12(7-9-13)16(20)21/h2-5,12-13H,6-11H2,1H3,(H,19,22)(H,20,21). The Morgan fingerprint density at radius 3 is 2.39 bits per heavy atom. The average Bonchev–Trinajstić information content (AvgIpc) is 3.37. The Morgan fingerprint density at radius 2 is 1.83 bits per heavy atom. The van der Waals surface area contributed by atoms with Crippen molar-refractivity contribution in [3.63, 3.8) is 0 Å². The number of carboxylic acids is 1. The van der Waals surface area contributed by atoms with Gasteiger partial charge in [0.05, 0.1) is 18.4 Å². The summed E-state index contributed by atoms with van der Waals surface area (Å²) in [4.78, 5) is 23.8. The molecular formula is C18H23NO4. The van der Waals surface area contributed by atoms with E-state index < -0.39 is 11.4 Å². The number of rotatable bonds is 5. The number of aliphatic carboxylic acids is 1. The van der Waals surface area contributed by atoms with Crippen molar-refractivity contribution < 1.29 is 19.4 Å². The molecule has 5 nitrogen and oxygen atoms in total. The zero-order valence-corrected chi connectivity index (χ0v) is 13.4. The molecule has 0 aromatic heterocycles. The van der Waals surface area contributed by atoms with Crippen LogP contribution in [0.25, 0.3) is 0 Å². The van der Waals surface area contributed by atoms with Crippen LogP contribution in [-0.2, 0) is 15.0 Å². The largest absolute Gasteiger partial charge is 0.496 e. The number of carbonyl (C=O) groups is 2. The van der Waals surface area contributed by atoms with Gasteiger partial charge in [0.1, 0.15) is 5.75 Å². The number of hydrogen-bond donors (Lipinski definition) is 2. The Bertz CT molecular complexity index is 601. The lowest BCUT2D eigenvalue weighted by Gasteiger charge is -2.29. The van der Waals surface area contributed by atoms with E-state index in [1.807, 2.05) is 24.3 Å². The molecule has 1 amide bonds. The van der Waals surface area contributed by atoms with Crippen LogP contribution in [-0.4, -0.2) is 30.1 Å². The molecule has 1 aromatic rings. The summed E-state index contributed by atoms with van der Waals surface area (Å²) in [5.41, 5.74) is 0.496. The molecule has 2 fully saturated rings. The minimum atomic E-state index is -0.720.